The molecule has 0 saturated heterocycles. The number of hydrogen-bond acceptors (Lipinski definition) is 2. The highest BCUT2D eigenvalue weighted by atomic mass is 32.2. The van der Waals surface area contributed by atoms with Crippen molar-refractivity contribution in [1.82, 2.24) is 3.97 Å². The second kappa shape index (κ2) is 8.10. The second-order valence-corrected chi connectivity index (χ2v) is 11.7. The number of nitrogens with zero attached hydrogens (tertiary/aromatic N) is 1. The van der Waals surface area contributed by atoms with E-state index < -0.39 is 10.0 Å². The zero-order chi connectivity index (χ0) is 25.2. The molecule has 1 aromatic heterocycles. The van der Waals surface area contributed by atoms with Gasteiger partial charge in [0.2, 0.25) is 0 Å². The molecule has 0 N–H and O–H groups in total. The summed E-state index contributed by atoms with van der Waals surface area (Å²) in [5, 5.41) is 1.97. The Labute approximate surface area is 208 Å². The molecule has 5 aromatic rings. The molecule has 0 saturated carbocycles. The number of rotatable bonds is 3. The van der Waals surface area contributed by atoms with Crippen LogP contribution in [0.25, 0.3) is 32.9 Å². The molecule has 0 bridgehead atoms. The minimum absolute atomic E-state index is 0.301. The normalized spacial score (nSPS) is 12.1. The molecule has 0 aliphatic rings. The van der Waals surface area contributed by atoms with Gasteiger partial charge in [0.15, 0.2) is 0 Å². The zero-order valence-electron chi connectivity index (χ0n) is 21.4. The Bertz CT molecular complexity index is 1730. The molecule has 0 aliphatic heterocycles. The zero-order valence-corrected chi connectivity index (χ0v) is 22.3. The summed E-state index contributed by atoms with van der Waals surface area (Å²) >= 11 is 0. The van der Waals surface area contributed by atoms with Gasteiger partial charge in [-0.15, -0.1) is 0 Å². The first-order chi connectivity index (χ1) is 16.5. The van der Waals surface area contributed by atoms with Crippen molar-refractivity contribution in [3.63, 3.8) is 0 Å². The smallest absolute Gasteiger partial charge is 0.233 e. The quantitative estimate of drug-likeness (QED) is 0.263. The van der Waals surface area contributed by atoms with E-state index in [4.69, 9.17) is 0 Å². The van der Waals surface area contributed by atoms with Gasteiger partial charge in [0, 0.05) is 10.8 Å². The van der Waals surface area contributed by atoms with Crippen LogP contribution in [0.15, 0.2) is 65.6 Å². The summed E-state index contributed by atoms with van der Waals surface area (Å²) in [6.45, 7) is 14.5. The highest BCUT2D eigenvalue weighted by molar-refractivity contribution is 7.90. The topological polar surface area (TPSA) is 39.1 Å². The van der Waals surface area contributed by atoms with Crippen molar-refractivity contribution >= 4 is 31.8 Å². The Morgan fingerprint density at radius 2 is 1.26 bits per heavy atom. The van der Waals surface area contributed by atoms with Gasteiger partial charge < -0.3 is 0 Å². The maximum atomic E-state index is 14.1. The highest BCUT2D eigenvalue weighted by Crippen LogP contribution is 2.40. The number of fused-ring (bicyclic) bond motifs is 3. The molecule has 1 heterocycles. The van der Waals surface area contributed by atoms with Crippen molar-refractivity contribution in [2.45, 2.75) is 53.4 Å². The molecule has 0 radical (unpaired) electrons. The SMILES string of the molecule is Cc1ccc(S(=O)(=O)n2c3ccc(-c4c(C)cc(C)cc4C)cc3c3c(C)cc(C)c(C)c32)cc1. The van der Waals surface area contributed by atoms with E-state index in [1.54, 1.807) is 16.1 Å². The number of hydrogen-bond donors (Lipinski definition) is 0. The van der Waals surface area contributed by atoms with Crippen molar-refractivity contribution in [2.75, 3.05) is 0 Å². The van der Waals surface area contributed by atoms with E-state index in [0.717, 1.165) is 44.1 Å². The molecular weight excluding hydrogens is 450 g/mol. The minimum Gasteiger partial charge on any atom is -0.233 e. The molecule has 5 rings (SSSR count). The lowest BCUT2D eigenvalue weighted by atomic mass is 9.92. The monoisotopic (exact) mass is 481 g/mol. The summed E-state index contributed by atoms with van der Waals surface area (Å²) in [6.07, 6.45) is 0. The average molecular weight is 482 g/mol. The Morgan fingerprint density at radius 3 is 1.89 bits per heavy atom. The number of aryl methyl sites for hydroxylation is 7. The molecule has 178 valence electrons. The van der Waals surface area contributed by atoms with Gasteiger partial charge in [-0.2, -0.15) is 0 Å². The molecule has 0 unspecified atom stereocenters. The van der Waals surface area contributed by atoms with Crippen LogP contribution in [-0.4, -0.2) is 12.4 Å². The third-order valence-electron chi connectivity index (χ3n) is 7.22. The number of benzene rings is 4. The van der Waals surface area contributed by atoms with Gasteiger partial charge in [0.25, 0.3) is 10.0 Å². The first kappa shape index (κ1) is 23.4. The second-order valence-electron chi connectivity index (χ2n) is 9.95. The maximum absolute atomic E-state index is 14.1. The number of aromatic nitrogens is 1. The molecule has 0 fully saturated rings. The third kappa shape index (κ3) is 3.59. The summed E-state index contributed by atoms with van der Waals surface area (Å²) in [5.74, 6) is 0. The van der Waals surface area contributed by atoms with Crippen LogP contribution in [0.1, 0.15) is 38.9 Å². The van der Waals surface area contributed by atoms with Gasteiger partial charge in [0.1, 0.15) is 0 Å². The molecule has 3 nitrogen and oxygen atoms in total. The summed E-state index contributed by atoms with van der Waals surface area (Å²) < 4.78 is 29.7. The van der Waals surface area contributed by atoms with Crippen LogP contribution >= 0.6 is 0 Å². The van der Waals surface area contributed by atoms with Gasteiger partial charge in [-0.3, -0.25) is 0 Å². The average Bonchev–Trinajstić information content (AvgIpc) is 3.13. The van der Waals surface area contributed by atoms with E-state index in [0.29, 0.717) is 10.4 Å². The Hall–Kier alpha value is -3.37. The van der Waals surface area contributed by atoms with Crippen LogP contribution in [0.5, 0.6) is 0 Å². The molecule has 4 aromatic carbocycles. The largest absolute Gasteiger partial charge is 0.268 e. The minimum atomic E-state index is -3.80. The predicted molar refractivity (Wildman–Crippen MR) is 147 cm³/mol. The van der Waals surface area contributed by atoms with Gasteiger partial charge in [-0.25, -0.2) is 12.4 Å². The van der Waals surface area contributed by atoms with Gasteiger partial charge >= 0.3 is 0 Å². The Kier molecular flexibility index (Phi) is 5.41. The standard InChI is InChI=1S/C31H31NO2S/c1-18-8-11-26(12-9-18)35(33,34)32-28-13-10-25(29-21(4)14-19(2)15-22(29)5)17-27(28)30-23(6)16-20(3)24(7)31(30)32/h8-17H,1-7H3. The van der Waals surface area contributed by atoms with Gasteiger partial charge in [-0.1, -0.05) is 47.5 Å². The lowest BCUT2D eigenvalue weighted by Crippen LogP contribution is -2.13. The van der Waals surface area contributed by atoms with E-state index in [1.165, 1.54) is 22.3 Å². The maximum Gasteiger partial charge on any atom is 0.268 e. The molecular formula is C31H31NO2S. The van der Waals surface area contributed by atoms with Crippen LogP contribution in [0.4, 0.5) is 0 Å². The Balaban J connectivity index is 1.92. The molecule has 4 heteroatoms. The van der Waals surface area contributed by atoms with Crippen LogP contribution in [0, 0.1) is 48.5 Å². The summed E-state index contributed by atoms with van der Waals surface area (Å²) in [4.78, 5) is 0.301. The van der Waals surface area contributed by atoms with E-state index >= 15 is 0 Å². The fourth-order valence-electron chi connectivity index (χ4n) is 5.55. The van der Waals surface area contributed by atoms with E-state index in [-0.39, 0.29) is 0 Å². The molecule has 0 amide bonds. The predicted octanol–water partition coefficient (Wildman–Crippen LogP) is 7.86. The summed E-state index contributed by atoms with van der Waals surface area (Å²) in [7, 11) is -3.80. The molecule has 35 heavy (non-hydrogen) atoms. The first-order valence-corrected chi connectivity index (χ1v) is 13.4. The summed E-state index contributed by atoms with van der Waals surface area (Å²) in [6, 6.07) is 19.9. The van der Waals surface area contributed by atoms with E-state index in [9.17, 15) is 8.42 Å². The first-order valence-electron chi connectivity index (χ1n) is 12.0. The van der Waals surface area contributed by atoms with Crippen LogP contribution in [-0.2, 0) is 10.0 Å². The van der Waals surface area contributed by atoms with E-state index in [1.807, 2.05) is 39.0 Å². The van der Waals surface area contributed by atoms with Gasteiger partial charge in [-0.05, 0) is 112 Å². The molecule has 0 spiro atoms. The van der Waals surface area contributed by atoms with E-state index in [2.05, 4.69) is 58.0 Å². The lowest BCUT2D eigenvalue weighted by Gasteiger charge is -2.13. The van der Waals surface area contributed by atoms with Crippen molar-refractivity contribution in [3.8, 4) is 11.1 Å². The van der Waals surface area contributed by atoms with Gasteiger partial charge in [0.05, 0.1) is 15.9 Å². The molecule has 0 aliphatic carbocycles. The fraction of sp³-hybridized carbons (Fsp3) is 0.226. The third-order valence-corrected chi connectivity index (χ3v) is 8.95. The fourth-order valence-corrected chi connectivity index (χ4v) is 7.13. The van der Waals surface area contributed by atoms with Crippen LogP contribution in [0.2, 0.25) is 0 Å². The lowest BCUT2D eigenvalue weighted by molar-refractivity contribution is 0.590. The Morgan fingerprint density at radius 1 is 0.629 bits per heavy atom. The van der Waals surface area contributed by atoms with Crippen LogP contribution < -0.4 is 0 Å². The molecule has 0 atom stereocenters. The highest BCUT2D eigenvalue weighted by Gasteiger charge is 2.26. The van der Waals surface area contributed by atoms with Crippen LogP contribution in [0.3, 0.4) is 0 Å². The van der Waals surface area contributed by atoms with Crippen molar-refractivity contribution in [1.29, 1.82) is 0 Å². The summed E-state index contributed by atoms with van der Waals surface area (Å²) in [5.41, 5.74) is 11.7. The van der Waals surface area contributed by atoms with Crippen molar-refractivity contribution in [3.05, 3.63) is 99.6 Å². The van der Waals surface area contributed by atoms with Crippen molar-refractivity contribution in [2.24, 2.45) is 0 Å². The van der Waals surface area contributed by atoms with Crippen molar-refractivity contribution < 1.29 is 8.42 Å².